The van der Waals surface area contributed by atoms with Gasteiger partial charge in [-0.1, -0.05) is 49.8 Å². The molecule has 0 aliphatic rings. The second kappa shape index (κ2) is 6.47. The van der Waals surface area contributed by atoms with Crippen molar-refractivity contribution in [3.63, 3.8) is 0 Å². The van der Waals surface area contributed by atoms with Gasteiger partial charge in [0, 0.05) is 0 Å². The Labute approximate surface area is 118 Å². The Morgan fingerprint density at radius 1 is 1.00 bits per heavy atom. The molecule has 2 rings (SSSR count). The third kappa shape index (κ3) is 3.53. The van der Waals surface area contributed by atoms with Crippen LogP contribution >= 0.6 is 0 Å². The number of allylic oxidation sites excluding steroid dienone is 1. The molecule has 0 unspecified atom stereocenters. The molecule has 0 bridgehead atoms. The summed E-state index contributed by atoms with van der Waals surface area (Å²) >= 11 is 0. The van der Waals surface area contributed by atoms with E-state index >= 15 is 0 Å². The highest BCUT2D eigenvalue weighted by atomic mass is 19.2. The molecule has 20 heavy (non-hydrogen) atoms. The van der Waals surface area contributed by atoms with Gasteiger partial charge in [-0.15, -0.1) is 0 Å². The highest BCUT2D eigenvalue weighted by molar-refractivity contribution is 5.80. The number of rotatable bonds is 4. The lowest BCUT2D eigenvalue weighted by Crippen LogP contribution is -1.87. The van der Waals surface area contributed by atoms with Crippen LogP contribution in [-0.4, -0.2) is 0 Å². The molecule has 0 aliphatic carbocycles. The van der Waals surface area contributed by atoms with E-state index in [1.807, 2.05) is 25.1 Å². The Hall–Kier alpha value is -1.96. The van der Waals surface area contributed by atoms with Crippen molar-refractivity contribution in [2.75, 3.05) is 0 Å². The molecule has 0 radical (unpaired) electrons. The smallest absolute Gasteiger partial charge is 0.159 e. The molecule has 2 heteroatoms. The van der Waals surface area contributed by atoms with Gasteiger partial charge in [-0.25, -0.2) is 8.78 Å². The van der Waals surface area contributed by atoms with Crippen LogP contribution in [0.15, 0.2) is 42.5 Å². The van der Waals surface area contributed by atoms with E-state index in [9.17, 15) is 8.78 Å². The van der Waals surface area contributed by atoms with Gasteiger partial charge in [0.05, 0.1) is 0 Å². The monoisotopic (exact) mass is 272 g/mol. The van der Waals surface area contributed by atoms with Gasteiger partial charge < -0.3 is 0 Å². The predicted molar refractivity (Wildman–Crippen MR) is 80.3 cm³/mol. The summed E-state index contributed by atoms with van der Waals surface area (Å²) in [5.41, 5.74) is 3.98. The zero-order valence-corrected chi connectivity index (χ0v) is 11.8. The molecular weight excluding hydrogens is 254 g/mol. The van der Waals surface area contributed by atoms with Crippen molar-refractivity contribution in [2.45, 2.75) is 26.7 Å². The maximum atomic E-state index is 13.2. The van der Waals surface area contributed by atoms with Gasteiger partial charge in [0.2, 0.25) is 0 Å². The summed E-state index contributed by atoms with van der Waals surface area (Å²) in [7, 11) is 0. The van der Waals surface area contributed by atoms with Crippen LogP contribution in [0.3, 0.4) is 0 Å². The van der Waals surface area contributed by atoms with Gasteiger partial charge in [-0.3, -0.25) is 0 Å². The second-order valence-electron chi connectivity index (χ2n) is 4.95. The molecule has 2 aromatic carbocycles. The van der Waals surface area contributed by atoms with Crippen LogP contribution in [-0.2, 0) is 6.42 Å². The van der Waals surface area contributed by atoms with Crippen LogP contribution in [0.5, 0.6) is 0 Å². The van der Waals surface area contributed by atoms with E-state index in [1.165, 1.54) is 11.6 Å². The third-order valence-electron chi connectivity index (χ3n) is 3.28. The zero-order valence-electron chi connectivity index (χ0n) is 11.8. The van der Waals surface area contributed by atoms with Crippen LogP contribution < -0.4 is 0 Å². The molecule has 0 N–H and O–H groups in total. The summed E-state index contributed by atoms with van der Waals surface area (Å²) in [4.78, 5) is 0. The molecule has 0 saturated heterocycles. The quantitative estimate of drug-likeness (QED) is 0.647. The second-order valence-corrected chi connectivity index (χ2v) is 4.95. The highest BCUT2D eigenvalue weighted by Gasteiger charge is 2.03. The Bertz CT molecular complexity index is 610. The molecule has 0 saturated carbocycles. The maximum Gasteiger partial charge on any atom is 0.159 e. The van der Waals surface area contributed by atoms with Gasteiger partial charge in [0.15, 0.2) is 11.6 Å². The van der Waals surface area contributed by atoms with Crippen LogP contribution in [0, 0.1) is 11.6 Å². The molecule has 104 valence electrons. The van der Waals surface area contributed by atoms with Crippen molar-refractivity contribution >= 4 is 11.6 Å². The summed E-state index contributed by atoms with van der Waals surface area (Å²) in [6, 6.07) is 12.3. The fourth-order valence-corrected chi connectivity index (χ4v) is 2.14. The van der Waals surface area contributed by atoms with Gasteiger partial charge in [0.25, 0.3) is 0 Å². The Balaban J connectivity index is 2.22. The van der Waals surface area contributed by atoms with E-state index in [4.69, 9.17) is 0 Å². The van der Waals surface area contributed by atoms with Gasteiger partial charge in [-0.05, 0) is 47.7 Å². The molecule has 0 spiro atoms. The maximum absolute atomic E-state index is 13.2. The van der Waals surface area contributed by atoms with E-state index in [-0.39, 0.29) is 0 Å². The molecule has 0 aromatic heterocycles. The molecule has 0 heterocycles. The summed E-state index contributed by atoms with van der Waals surface area (Å²) in [6.07, 6.45) is 4.18. The van der Waals surface area contributed by atoms with Crippen molar-refractivity contribution in [3.05, 3.63) is 70.8 Å². The number of halogens is 2. The molecule has 0 amide bonds. The number of aryl methyl sites for hydroxylation is 1. The summed E-state index contributed by atoms with van der Waals surface area (Å²) in [5, 5.41) is 0. The third-order valence-corrected chi connectivity index (χ3v) is 3.28. The molecular formula is C18H18F2. The van der Waals surface area contributed by atoms with Crippen LogP contribution in [0.1, 0.15) is 37.0 Å². The van der Waals surface area contributed by atoms with E-state index in [2.05, 4.69) is 19.1 Å². The fourth-order valence-electron chi connectivity index (χ4n) is 2.14. The van der Waals surface area contributed by atoms with Crippen molar-refractivity contribution in [1.82, 2.24) is 0 Å². The predicted octanol–water partition coefficient (Wildman–Crippen LogP) is 5.48. The van der Waals surface area contributed by atoms with Crippen LogP contribution in [0.25, 0.3) is 11.6 Å². The van der Waals surface area contributed by atoms with Gasteiger partial charge in [0.1, 0.15) is 0 Å². The first-order chi connectivity index (χ1) is 9.60. The zero-order chi connectivity index (χ0) is 14.5. The minimum absolute atomic E-state index is 0.696. The van der Waals surface area contributed by atoms with E-state index in [0.29, 0.717) is 5.56 Å². The minimum atomic E-state index is -0.814. The first-order valence-corrected chi connectivity index (χ1v) is 6.83. The largest absolute Gasteiger partial charge is 0.204 e. The van der Waals surface area contributed by atoms with Crippen LogP contribution in [0.2, 0.25) is 0 Å². The first-order valence-electron chi connectivity index (χ1n) is 6.83. The SMILES string of the molecule is CCCc1ccc(C=C(C)c2ccc(F)c(F)c2)cc1. The summed E-state index contributed by atoms with van der Waals surface area (Å²) in [6.45, 7) is 4.05. The van der Waals surface area contributed by atoms with E-state index in [1.54, 1.807) is 6.07 Å². The lowest BCUT2D eigenvalue weighted by Gasteiger charge is -2.04. The van der Waals surface area contributed by atoms with E-state index in [0.717, 1.165) is 30.0 Å². The number of hydrogen-bond donors (Lipinski definition) is 0. The standard InChI is InChI=1S/C18H18F2/c1-3-4-14-5-7-15(8-6-14)11-13(2)16-9-10-17(19)18(20)12-16/h5-12H,3-4H2,1-2H3. The summed E-state index contributed by atoms with van der Waals surface area (Å²) < 4.78 is 26.1. The molecule has 0 atom stereocenters. The van der Waals surface area contributed by atoms with Crippen LogP contribution in [0.4, 0.5) is 8.78 Å². The lowest BCUT2D eigenvalue weighted by molar-refractivity contribution is 0.508. The van der Waals surface area contributed by atoms with Gasteiger partial charge in [-0.2, -0.15) is 0 Å². The summed E-state index contributed by atoms with van der Waals surface area (Å²) in [5.74, 6) is -1.63. The average Bonchev–Trinajstić information content (AvgIpc) is 2.44. The fraction of sp³-hybridized carbons (Fsp3) is 0.222. The normalized spacial score (nSPS) is 11.7. The lowest BCUT2D eigenvalue weighted by atomic mass is 10.0. The van der Waals surface area contributed by atoms with Crippen molar-refractivity contribution < 1.29 is 8.78 Å². The Morgan fingerprint density at radius 2 is 1.70 bits per heavy atom. The Kier molecular flexibility index (Phi) is 4.67. The average molecular weight is 272 g/mol. The molecule has 0 fully saturated rings. The Morgan fingerprint density at radius 3 is 2.30 bits per heavy atom. The van der Waals surface area contributed by atoms with Gasteiger partial charge >= 0.3 is 0 Å². The van der Waals surface area contributed by atoms with Crippen molar-refractivity contribution in [3.8, 4) is 0 Å². The van der Waals surface area contributed by atoms with Crippen molar-refractivity contribution in [1.29, 1.82) is 0 Å². The molecule has 2 aromatic rings. The minimum Gasteiger partial charge on any atom is -0.204 e. The number of benzene rings is 2. The molecule has 0 aliphatic heterocycles. The number of hydrogen-bond acceptors (Lipinski definition) is 0. The topological polar surface area (TPSA) is 0 Å². The molecule has 0 nitrogen and oxygen atoms in total. The first kappa shape index (κ1) is 14.4. The van der Waals surface area contributed by atoms with E-state index < -0.39 is 11.6 Å². The van der Waals surface area contributed by atoms with Crippen molar-refractivity contribution in [2.24, 2.45) is 0 Å². The highest BCUT2D eigenvalue weighted by Crippen LogP contribution is 2.20.